The molecule has 6 aromatic carbocycles. The smallest absolute Gasteiger partial charge is 0.0544 e. The van der Waals surface area contributed by atoms with Crippen molar-refractivity contribution in [1.82, 2.24) is 4.57 Å². The fourth-order valence-electron chi connectivity index (χ4n) is 8.47. The van der Waals surface area contributed by atoms with Gasteiger partial charge in [0.05, 0.1) is 11.0 Å². The second kappa shape index (κ2) is 9.56. The van der Waals surface area contributed by atoms with Crippen LogP contribution in [0.5, 0.6) is 0 Å². The highest BCUT2D eigenvalue weighted by atomic mass is 15.0. The molecule has 0 saturated carbocycles. The Morgan fingerprint density at radius 2 is 1.30 bits per heavy atom. The summed E-state index contributed by atoms with van der Waals surface area (Å²) in [4.78, 5) is 0. The average Bonchev–Trinajstić information content (AvgIpc) is 3.51. The molecule has 1 atom stereocenters. The minimum absolute atomic E-state index is 0.0496. The molecule has 0 fully saturated rings. The molecule has 0 saturated heterocycles. The Hall–Kier alpha value is -4.88. The van der Waals surface area contributed by atoms with E-state index in [9.17, 15) is 0 Å². The molecule has 0 radical (unpaired) electrons. The van der Waals surface area contributed by atoms with E-state index in [-0.39, 0.29) is 10.8 Å². The number of fused-ring (bicyclic) bond motifs is 9. The number of hydrogen-bond donors (Lipinski definition) is 0. The molecule has 0 spiro atoms. The molecule has 2 aliphatic rings. The SMILES string of the molecule is CC(C)(C)c1ccc(C2Cc3ccccc3-c3cc(-n4c5ccccc5c5cc6c(cc54)C(C)(C)c4ccccc4-6)ccc32)cc1. The lowest BCUT2D eigenvalue weighted by atomic mass is 9.75. The van der Waals surface area contributed by atoms with Gasteiger partial charge in [0.2, 0.25) is 0 Å². The van der Waals surface area contributed by atoms with Crippen LogP contribution in [0.4, 0.5) is 0 Å². The highest BCUT2D eigenvalue weighted by Gasteiger charge is 2.36. The summed E-state index contributed by atoms with van der Waals surface area (Å²) in [6.07, 6.45) is 1.02. The third-order valence-corrected chi connectivity index (χ3v) is 11.0. The first kappa shape index (κ1) is 27.4. The Bertz CT molecular complexity index is 2340. The maximum Gasteiger partial charge on any atom is 0.0544 e. The van der Waals surface area contributed by atoms with E-state index < -0.39 is 0 Å². The van der Waals surface area contributed by atoms with Gasteiger partial charge in [0.25, 0.3) is 0 Å². The number of para-hydroxylation sites is 1. The van der Waals surface area contributed by atoms with E-state index in [1.807, 2.05) is 0 Å². The maximum absolute atomic E-state index is 2.51. The fraction of sp³-hybridized carbons (Fsp3) is 0.200. The summed E-state index contributed by atoms with van der Waals surface area (Å²) >= 11 is 0. The standard InChI is InChI=1S/C45H39N/c1-44(2,3)30-20-18-28(19-21-30)36-24-29-12-6-7-13-32(29)37-25-31(22-23-33(36)37)46-42-17-11-9-15-35(42)39-26-38-34-14-8-10-16-40(34)45(4,5)41(38)27-43(39)46/h6-23,25-27,36H,24H2,1-5H3. The predicted molar refractivity (Wildman–Crippen MR) is 194 cm³/mol. The van der Waals surface area contributed by atoms with Gasteiger partial charge in [-0.1, -0.05) is 132 Å². The summed E-state index contributed by atoms with van der Waals surface area (Å²) in [6.45, 7) is 11.6. The van der Waals surface area contributed by atoms with Crippen LogP contribution in [0.25, 0.3) is 49.7 Å². The molecule has 1 heteroatoms. The van der Waals surface area contributed by atoms with E-state index in [4.69, 9.17) is 0 Å². The van der Waals surface area contributed by atoms with E-state index >= 15 is 0 Å². The third-order valence-electron chi connectivity index (χ3n) is 11.0. The molecule has 2 aliphatic carbocycles. The van der Waals surface area contributed by atoms with Crippen LogP contribution in [0.1, 0.15) is 73.9 Å². The van der Waals surface area contributed by atoms with Crippen molar-refractivity contribution in [3.63, 3.8) is 0 Å². The van der Waals surface area contributed by atoms with Crippen LogP contribution in [0.15, 0.2) is 127 Å². The van der Waals surface area contributed by atoms with Crippen LogP contribution in [-0.4, -0.2) is 4.57 Å². The van der Waals surface area contributed by atoms with Gasteiger partial charge in [-0.05, 0) is 97.8 Å². The molecule has 0 bridgehead atoms. The molecule has 1 nitrogen and oxygen atoms in total. The lowest BCUT2D eigenvalue weighted by Gasteiger charge is -2.30. The topological polar surface area (TPSA) is 4.93 Å². The molecule has 0 aliphatic heterocycles. The molecule has 0 N–H and O–H groups in total. The van der Waals surface area contributed by atoms with Crippen molar-refractivity contribution >= 4 is 21.8 Å². The minimum atomic E-state index is -0.0496. The van der Waals surface area contributed by atoms with Gasteiger partial charge in [0, 0.05) is 27.8 Å². The first-order chi connectivity index (χ1) is 22.2. The molecule has 7 aromatic rings. The van der Waals surface area contributed by atoms with Crippen molar-refractivity contribution in [2.24, 2.45) is 0 Å². The molecule has 0 amide bonds. The van der Waals surface area contributed by atoms with Crippen LogP contribution < -0.4 is 0 Å². The number of nitrogens with zero attached hydrogens (tertiary/aromatic N) is 1. The molecule has 1 aromatic heterocycles. The summed E-state index contributed by atoms with van der Waals surface area (Å²) in [7, 11) is 0. The Morgan fingerprint density at radius 3 is 2.11 bits per heavy atom. The lowest BCUT2D eigenvalue weighted by Crippen LogP contribution is -2.15. The number of aromatic nitrogens is 1. The fourth-order valence-corrected chi connectivity index (χ4v) is 8.47. The van der Waals surface area contributed by atoms with Gasteiger partial charge in [-0.25, -0.2) is 0 Å². The largest absolute Gasteiger partial charge is 0.309 e. The summed E-state index contributed by atoms with van der Waals surface area (Å²) < 4.78 is 2.51. The van der Waals surface area contributed by atoms with Gasteiger partial charge in [0.15, 0.2) is 0 Å². The summed E-state index contributed by atoms with van der Waals surface area (Å²) in [5.41, 5.74) is 17.7. The second-order valence-electron chi connectivity index (χ2n) is 15.0. The van der Waals surface area contributed by atoms with Crippen molar-refractivity contribution in [2.45, 2.75) is 57.8 Å². The lowest BCUT2D eigenvalue weighted by molar-refractivity contribution is 0.589. The maximum atomic E-state index is 2.51. The van der Waals surface area contributed by atoms with Gasteiger partial charge >= 0.3 is 0 Å². The van der Waals surface area contributed by atoms with Crippen LogP contribution in [-0.2, 0) is 17.3 Å². The van der Waals surface area contributed by atoms with Gasteiger partial charge < -0.3 is 4.57 Å². The first-order valence-corrected chi connectivity index (χ1v) is 16.7. The van der Waals surface area contributed by atoms with Crippen molar-refractivity contribution in [2.75, 3.05) is 0 Å². The Labute approximate surface area is 272 Å². The van der Waals surface area contributed by atoms with E-state index in [0.29, 0.717) is 5.92 Å². The quantitative estimate of drug-likeness (QED) is 0.188. The molecule has 224 valence electrons. The molecule has 46 heavy (non-hydrogen) atoms. The highest BCUT2D eigenvalue weighted by molar-refractivity contribution is 6.11. The Balaban J connectivity index is 1.26. The molecule has 9 rings (SSSR count). The van der Waals surface area contributed by atoms with Crippen LogP contribution in [0.2, 0.25) is 0 Å². The van der Waals surface area contributed by atoms with Crippen molar-refractivity contribution in [3.05, 3.63) is 161 Å². The van der Waals surface area contributed by atoms with Gasteiger partial charge in [-0.3, -0.25) is 0 Å². The number of hydrogen-bond acceptors (Lipinski definition) is 0. The number of rotatable bonds is 2. The van der Waals surface area contributed by atoms with Crippen molar-refractivity contribution in [3.8, 4) is 27.9 Å². The zero-order valence-electron chi connectivity index (χ0n) is 27.4. The van der Waals surface area contributed by atoms with E-state index in [0.717, 1.165) is 6.42 Å². The summed E-state index contributed by atoms with van der Waals surface area (Å²) in [5, 5.41) is 2.62. The zero-order chi connectivity index (χ0) is 31.4. The zero-order valence-corrected chi connectivity index (χ0v) is 27.4. The second-order valence-corrected chi connectivity index (χ2v) is 15.0. The van der Waals surface area contributed by atoms with Gasteiger partial charge in [0.1, 0.15) is 0 Å². The van der Waals surface area contributed by atoms with E-state index in [2.05, 4.69) is 167 Å². The molecular weight excluding hydrogens is 555 g/mol. The summed E-state index contributed by atoms with van der Waals surface area (Å²) in [6, 6.07) is 48.5. The van der Waals surface area contributed by atoms with Crippen molar-refractivity contribution < 1.29 is 0 Å². The van der Waals surface area contributed by atoms with Crippen LogP contribution in [0.3, 0.4) is 0 Å². The Morgan fingerprint density at radius 1 is 0.587 bits per heavy atom. The van der Waals surface area contributed by atoms with E-state index in [1.54, 1.807) is 0 Å². The molecule has 1 heterocycles. The average molecular weight is 594 g/mol. The first-order valence-electron chi connectivity index (χ1n) is 16.7. The van der Waals surface area contributed by atoms with Crippen LogP contribution in [0, 0.1) is 0 Å². The van der Waals surface area contributed by atoms with Crippen LogP contribution >= 0.6 is 0 Å². The third kappa shape index (κ3) is 3.88. The minimum Gasteiger partial charge on any atom is -0.309 e. The summed E-state index contributed by atoms with van der Waals surface area (Å²) in [5.74, 6) is 0.327. The van der Waals surface area contributed by atoms with E-state index in [1.165, 1.54) is 83.1 Å². The molecule has 1 unspecified atom stereocenters. The normalized spacial score (nSPS) is 16.2. The van der Waals surface area contributed by atoms with Gasteiger partial charge in [-0.2, -0.15) is 0 Å². The van der Waals surface area contributed by atoms with Crippen molar-refractivity contribution in [1.29, 1.82) is 0 Å². The van der Waals surface area contributed by atoms with Gasteiger partial charge in [-0.15, -0.1) is 0 Å². The monoisotopic (exact) mass is 593 g/mol. The Kier molecular flexibility index (Phi) is 5.70. The molecular formula is C45H39N. The predicted octanol–water partition coefficient (Wildman–Crippen LogP) is 11.7. The highest BCUT2D eigenvalue weighted by Crippen LogP contribution is 2.51. The number of benzene rings is 6.